The maximum absolute atomic E-state index is 11.6. The Morgan fingerprint density at radius 1 is 1.44 bits per heavy atom. The molecule has 5 heteroatoms. The highest BCUT2D eigenvalue weighted by molar-refractivity contribution is 9.10. The molecule has 0 spiro atoms. The van der Waals surface area contributed by atoms with Crippen LogP contribution in [0.2, 0.25) is 0 Å². The summed E-state index contributed by atoms with van der Waals surface area (Å²) in [6.45, 7) is 2.02. The van der Waals surface area contributed by atoms with Gasteiger partial charge in [-0.25, -0.2) is 0 Å². The van der Waals surface area contributed by atoms with Gasteiger partial charge in [0.05, 0.1) is 12.3 Å². The van der Waals surface area contributed by atoms with Crippen molar-refractivity contribution in [2.24, 2.45) is 5.92 Å². The van der Waals surface area contributed by atoms with Crippen LogP contribution in [-0.4, -0.2) is 23.5 Å². The van der Waals surface area contributed by atoms with E-state index in [4.69, 9.17) is 5.11 Å². The first kappa shape index (κ1) is 14.7. The summed E-state index contributed by atoms with van der Waals surface area (Å²) < 4.78 is 0.937. The van der Waals surface area contributed by atoms with Gasteiger partial charge in [0.1, 0.15) is 0 Å². The predicted molar refractivity (Wildman–Crippen MR) is 72.3 cm³/mol. The zero-order valence-electron chi connectivity index (χ0n) is 10.1. The molecule has 0 aliphatic carbocycles. The van der Waals surface area contributed by atoms with E-state index in [9.17, 15) is 9.59 Å². The van der Waals surface area contributed by atoms with Crippen LogP contribution in [0, 0.1) is 5.92 Å². The van der Waals surface area contributed by atoms with Crippen molar-refractivity contribution in [2.45, 2.75) is 19.8 Å². The lowest BCUT2D eigenvalue weighted by atomic mass is 10.1. The second kappa shape index (κ2) is 7.16. The Morgan fingerprint density at radius 2 is 2.17 bits per heavy atom. The van der Waals surface area contributed by atoms with Crippen molar-refractivity contribution >= 4 is 27.8 Å². The lowest BCUT2D eigenvalue weighted by molar-refractivity contribution is -0.141. The summed E-state index contributed by atoms with van der Waals surface area (Å²) in [5.41, 5.74) is 0.924. The van der Waals surface area contributed by atoms with Crippen molar-refractivity contribution in [2.75, 3.05) is 6.54 Å². The van der Waals surface area contributed by atoms with Crippen LogP contribution < -0.4 is 5.32 Å². The topological polar surface area (TPSA) is 66.4 Å². The minimum atomic E-state index is -0.837. The lowest BCUT2D eigenvalue weighted by Gasteiger charge is -2.08. The fraction of sp³-hybridized carbons (Fsp3) is 0.385. The van der Waals surface area contributed by atoms with Gasteiger partial charge in [0, 0.05) is 11.0 Å². The fourth-order valence-electron chi connectivity index (χ4n) is 1.45. The molecular formula is C13H16BrNO3. The molecule has 1 atom stereocenters. The number of amides is 1. The first-order valence-corrected chi connectivity index (χ1v) is 6.52. The summed E-state index contributed by atoms with van der Waals surface area (Å²) in [5, 5.41) is 11.4. The number of nitrogens with one attached hydrogen (secondary N) is 1. The molecule has 1 rings (SSSR count). The molecule has 0 aliphatic rings. The number of carboxylic acid groups (broad SMARTS) is 1. The second-order valence-corrected chi connectivity index (χ2v) is 5.10. The van der Waals surface area contributed by atoms with Crippen LogP contribution in [0.4, 0.5) is 0 Å². The lowest BCUT2D eigenvalue weighted by Crippen LogP contribution is -2.28. The van der Waals surface area contributed by atoms with E-state index in [0.29, 0.717) is 19.4 Å². The van der Waals surface area contributed by atoms with E-state index in [0.717, 1.165) is 10.0 Å². The molecule has 1 amide bonds. The van der Waals surface area contributed by atoms with Gasteiger partial charge in [-0.2, -0.15) is 0 Å². The molecule has 0 aliphatic heterocycles. The molecule has 2 N–H and O–H groups in total. The molecule has 18 heavy (non-hydrogen) atoms. The third-order valence-electron chi connectivity index (χ3n) is 2.57. The van der Waals surface area contributed by atoms with Gasteiger partial charge in [0.25, 0.3) is 0 Å². The van der Waals surface area contributed by atoms with Crippen LogP contribution in [0.25, 0.3) is 0 Å². The predicted octanol–water partition coefficient (Wildman–Crippen LogP) is 2.22. The molecule has 0 aromatic heterocycles. The highest BCUT2D eigenvalue weighted by Crippen LogP contribution is 2.11. The number of carboxylic acids is 1. The van der Waals surface area contributed by atoms with Crippen molar-refractivity contribution in [1.82, 2.24) is 5.32 Å². The summed E-state index contributed by atoms with van der Waals surface area (Å²) in [6, 6.07) is 7.54. The Bertz CT molecular complexity index is 434. The van der Waals surface area contributed by atoms with E-state index in [1.807, 2.05) is 24.3 Å². The Hall–Kier alpha value is -1.36. The van der Waals surface area contributed by atoms with E-state index in [1.54, 1.807) is 6.92 Å². The molecule has 0 fully saturated rings. The molecular weight excluding hydrogens is 298 g/mol. The molecule has 0 bridgehead atoms. The minimum Gasteiger partial charge on any atom is -0.481 e. The van der Waals surface area contributed by atoms with Crippen molar-refractivity contribution in [3.63, 3.8) is 0 Å². The molecule has 0 heterocycles. The first-order chi connectivity index (χ1) is 8.49. The molecule has 1 unspecified atom stereocenters. The Balaban J connectivity index is 2.32. The number of carbonyl (C=O) groups excluding carboxylic acids is 1. The standard InChI is InChI=1S/C13H16BrNO3/c1-9(13(17)18)5-6-15-12(16)8-10-3-2-4-11(14)7-10/h2-4,7,9H,5-6,8H2,1H3,(H,15,16)(H,17,18). The Morgan fingerprint density at radius 3 is 2.78 bits per heavy atom. The van der Waals surface area contributed by atoms with Crippen LogP contribution in [0.1, 0.15) is 18.9 Å². The third-order valence-corrected chi connectivity index (χ3v) is 3.07. The van der Waals surface area contributed by atoms with E-state index < -0.39 is 11.9 Å². The maximum Gasteiger partial charge on any atom is 0.306 e. The van der Waals surface area contributed by atoms with Crippen LogP contribution in [0.15, 0.2) is 28.7 Å². The highest BCUT2D eigenvalue weighted by Gasteiger charge is 2.11. The number of benzene rings is 1. The van der Waals surface area contributed by atoms with Gasteiger partial charge in [-0.3, -0.25) is 9.59 Å². The number of hydrogen-bond donors (Lipinski definition) is 2. The van der Waals surface area contributed by atoms with Gasteiger partial charge in [0.2, 0.25) is 5.91 Å². The van der Waals surface area contributed by atoms with Gasteiger partial charge in [0.15, 0.2) is 0 Å². The highest BCUT2D eigenvalue weighted by atomic mass is 79.9. The summed E-state index contributed by atoms with van der Waals surface area (Å²) in [6.07, 6.45) is 0.750. The Kier molecular flexibility index (Phi) is 5.85. The van der Waals surface area contributed by atoms with Crippen LogP contribution in [0.3, 0.4) is 0 Å². The van der Waals surface area contributed by atoms with Crippen LogP contribution >= 0.6 is 15.9 Å². The van der Waals surface area contributed by atoms with Gasteiger partial charge >= 0.3 is 5.97 Å². The number of aliphatic carboxylic acids is 1. The van der Waals surface area contributed by atoms with Crippen LogP contribution in [-0.2, 0) is 16.0 Å². The number of rotatable bonds is 6. The van der Waals surface area contributed by atoms with E-state index in [1.165, 1.54) is 0 Å². The van der Waals surface area contributed by atoms with Crippen molar-refractivity contribution in [3.8, 4) is 0 Å². The zero-order chi connectivity index (χ0) is 13.5. The van der Waals surface area contributed by atoms with Gasteiger partial charge < -0.3 is 10.4 Å². The van der Waals surface area contributed by atoms with Crippen LogP contribution in [0.5, 0.6) is 0 Å². The zero-order valence-corrected chi connectivity index (χ0v) is 11.7. The van der Waals surface area contributed by atoms with Gasteiger partial charge in [-0.1, -0.05) is 35.0 Å². The smallest absolute Gasteiger partial charge is 0.306 e. The minimum absolute atomic E-state index is 0.0920. The number of hydrogen-bond acceptors (Lipinski definition) is 2. The second-order valence-electron chi connectivity index (χ2n) is 4.18. The first-order valence-electron chi connectivity index (χ1n) is 5.73. The van der Waals surface area contributed by atoms with Crippen molar-refractivity contribution in [1.29, 1.82) is 0 Å². The van der Waals surface area contributed by atoms with E-state index >= 15 is 0 Å². The fourth-order valence-corrected chi connectivity index (χ4v) is 1.89. The number of halogens is 1. The largest absolute Gasteiger partial charge is 0.481 e. The monoisotopic (exact) mass is 313 g/mol. The van der Waals surface area contributed by atoms with Crippen molar-refractivity contribution < 1.29 is 14.7 Å². The van der Waals surface area contributed by atoms with Crippen molar-refractivity contribution in [3.05, 3.63) is 34.3 Å². The Labute approximate surface area is 115 Å². The maximum atomic E-state index is 11.6. The SMILES string of the molecule is CC(CCNC(=O)Cc1cccc(Br)c1)C(=O)O. The van der Waals surface area contributed by atoms with Gasteiger partial charge in [-0.15, -0.1) is 0 Å². The molecule has 4 nitrogen and oxygen atoms in total. The quantitative estimate of drug-likeness (QED) is 0.846. The average Bonchev–Trinajstić information content (AvgIpc) is 2.28. The average molecular weight is 314 g/mol. The molecule has 1 aromatic carbocycles. The molecule has 1 aromatic rings. The summed E-state index contributed by atoms with van der Waals surface area (Å²) in [5.74, 6) is -1.36. The van der Waals surface area contributed by atoms with Gasteiger partial charge in [-0.05, 0) is 24.1 Å². The number of carbonyl (C=O) groups is 2. The van der Waals surface area contributed by atoms with E-state index in [-0.39, 0.29) is 5.91 Å². The molecule has 0 radical (unpaired) electrons. The summed E-state index contributed by atoms with van der Waals surface area (Å²) in [7, 11) is 0. The van der Waals surface area contributed by atoms with E-state index in [2.05, 4.69) is 21.2 Å². The molecule has 0 saturated carbocycles. The summed E-state index contributed by atoms with van der Waals surface area (Å²) >= 11 is 3.34. The molecule has 0 saturated heterocycles. The summed E-state index contributed by atoms with van der Waals surface area (Å²) in [4.78, 5) is 22.2. The third kappa shape index (κ3) is 5.31. The normalized spacial score (nSPS) is 11.9. The molecule has 98 valence electrons.